The number of benzene rings is 1. The van der Waals surface area contributed by atoms with Gasteiger partial charge >= 0.3 is 0 Å². The molecule has 15 heavy (non-hydrogen) atoms. The zero-order valence-electron chi connectivity index (χ0n) is 8.57. The lowest BCUT2D eigenvalue weighted by Gasteiger charge is -2.14. The van der Waals surface area contributed by atoms with Gasteiger partial charge in [-0.3, -0.25) is 4.79 Å². The summed E-state index contributed by atoms with van der Waals surface area (Å²) in [6.45, 7) is 0.419. The van der Waals surface area contributed by atoms with Gasteiger partial charge in [0.25, 0.3) is 5.91 Å². The fourth-order valence-corrected chi connectivity index (χ4v) is 1.35. The van der Waals surface area contributed by atoms with Gasteiger partial charge in [-0.05, 0) is 12.1 Å². The van der Waals surface area contributed by atoms with Crippen LogP contribution < -0.4 is 5.32 Å². The van der Waals surface area contributed by atoms with E-state index in [9.17, 15) is 4.79 Å². The monoisotopic (exact) mass is 227 g/mol. The van der Waals surface area contributed by atoms with Gasteiger partial charge < -0.3 is 10.1 Å². The molecule has 0 aromatic heterocycles. The Morgan fingerprint density at radius 1 is 1.47 bits per heavy atom. The number of methoxy groups -OCH3 is 1. The summed E-state index contributed by atoms with van der Waals surface area (Å²) in [5.74, 6) is 0.213. The molecule has 0 aliphatic carbocycles. The summed E-state index contributed by atoms with van der Waals surface area (Å²) in [7, 11) is 1.58. The summed E-state index contributed by atoms with van der Waals surface area (Å²) in [4.78, 5) is 11.7. The van der Waals surface area contributed by atoms with Crippen LogP contribution in [-0.2, 0) is 4.74 Å². The third kappa shape index (κ3) is 3.90. The minimum absolute atomic E-state index is 0.127. The van der Waals surface area contributed by atoms with Crippen LogP contribution in [0, 0.1) is 0 Å². The number of carbonyl (C=O) groups excluding carboxylic acids is 1. The first kappa shape index (κ1) is 12.0. The predicted molar refractivity (Wildman–Crippen MR) is 60.3 cm³/mol. The van der Waals surface area contributed by atoms with E-state index in [4.69, 9.17) is 16.3 Å². The lowest BCUT2D eigenvalue weighted by atomic mass is 10.2. The van der Waals surface area contributed by atoms with E-state index >= 15 is 0 Å². The molecule has 0 radical (unpaired) electrons. The first-order valence-corrected chi connectivity index (χ1v) is 5.22. The molecule has 0 fully saturated rings. The van der Waals surface area contributed by atoms with Crippen molar-refractivity contribution < 1.29 is 9.53 Å². The number of ether oxygens (including phenoxy) is 1. The number of hydrogen-bond acceptors (Lipinski definition) is 2. The number of rotatable bonds is 5. The fraction of sp³-hybridized carbons (Fsp3) is 0.364. The molecule has 3 nitrogen and oxygen atoms in total. The molecule has 0 spiro atoms. The zero-order chi connectivity index (χ0) is 11.1. The van der Waals surface area contributed by atoms with Gasteiger partial charge in [0.05, 0.1) is 12.6 Å². The van der Waals surface area contributed by atoms with E-state index in [-0.39, 0.29) is 11.9 Å². The van der Waals surface area contributed by atoms with Crippen molar-refractivity contribution in [3.8, 4) is 0 Å². The van der Waals surface area contributed by atoms with Crippen LogP contribution in [0.3, 0.4) is 0 Å². The summed E-state index contributed by atoms with van der Waals surface area (Å²) in [6, 6.07) is 8.87. The van der Waals surface area contributed by atoms with E-state index in [1.807, 2.05) is 18.2 Å². The van der Waals surface area contributed by atoms with Crippen LogP contribution in [-0.4, -0.2) is 31.5 Å². The minimum Gasteiger partial charge on any atom is -0.383 e. The van der Waals surface area contributed by atoms with Crippen molar-refractivity contribution >= 4 is 17.5 Å². The predicted octanol–water partition coefficient (Wildman–Crippen LogP) is 1.67. The van der Waals surface area contributed by atoms with Gasteiger partial charge in [-0.25, -0.2) is 0 Å². The second-order valence-corrected chi connectivity index (χ2v) is 3.45. The van der Waals surface area contributed by atoms with Crippen molar-refractivity contribution in [3.63, 3.8) is 0 Å². The van der Waals surface area contributed by atoms with Crippen LogP contribution in [0.4, 0.5) is 0 Å². The Morgan fingerprint density at radius 3 is 2.67 bits per heavy atom. The van der Waals surface area contributed by atoms with Crippen molar-refractivity contribution in [1.82, 2.24) is 5.32 Å². The molecule has 4 heteroatoms. The standard InChI is InChI=1S/C11H14ClNO2/c1-15-8-10(7-12)13-11(14)9-5-3-2-4-6-9/h2-6,10H,7-8H2,1H3,(H,13,14). The van der Waals surface area contributed by atoms with Crippen LogP contribution in [0.1, 0.15) is 10.4 Å². The zero-order valence-corrected chi connectivity index (χ0v) is 9.33. The molecule has 1 N–H and O–H groups in total. The number of carbonyl (C=O) groups is 1. The van der Waals surface area contributed by atoms with Crippen LogP contribution in [0.5, 0.6) is 0 Å². The molecule has 0 bridgehead atoms. The number of alkyl halides is 1. The Bertz CT molecular complexity index is 303. The molecule has 1 aromatic carbocycles. The van der Waals surface area contributed by atoms with E-state index < -0.39 is 0 Å². The van der Waals surface area contributed by atoms with Crippen molar-refractivity contribution in [2.45, 2.75) is 6.04 Å². The SMILES string of the molecule is COCC(CCl)NC(=O)c1ccccc1. The number of amides is 1. The van der Waals surface area contributed by atoms with Gasteiger partial charge in [0, 0.05) is 18.6 Å². The van der Waals surface area contributed by atoms with Gasteiger partial charge in [-0.2, -0.15) is 0 Å². The highest BCUT2D eigenvalue weighted by atomic mass is 35.5. The lowest BCUT2D eigenvalue weighted by molar-refractivity contribution is 0.0907. The first-order valence-electron chi connectivity index (χ1n) is 4.68. The normalized spacial score (nSPS) is 12.1. The second kappa shape index (κ2) is 6.43. The first-order chi connectivity index (χ1) is 7.27. The average molecular weight is 228 g/mol. The van der Waals surface area contributed by atoms with Crippen molar-refractivity contribution in [2.75, 3.05) is 19.6 Å². The van der Waals surface area contributed by atoms with Crippen molar-refractivity contribution in [3.05, 3.63) is 35.9 Å². The van der Waals surface area contributed by atoms with Crippen molar-refractivity contribution in [1.29, 1.82) is 0 Å². The Balaban J connectivity index is 2.55. The van der Waals surface area contributed by atoms with Gasteiger partial charge in [0.1, 0.15) is 0 Å². The molecule has 0 saturated carbocycles. The molecule has 1 atom stereocenters. The average Bonchev–Trinajstić information content (AvgIpc) is 2.29. The maximum absolute atomic E-state index is 11.7. The Hall–Kier alpha value is -1.06. The molecule has 0 aliphatic heterocycles. The summed E-state index contributed by atoms with van der Waals surface area (Å²) >= 11 is 5.68. The highest BCUT2D eigenvalue weighted by Gasteiger charge is 2.11. The molecule has 1 unspecified atom stereocenters. The number of nitrogens with one attached hydrogen (secondary N) is 1. The molecular weight excluding hydrogens is 214 g/mol. The molecule has 0 saturated heterocycles. The Labute approximate surface area is 94.4 Å². The third-order valence-electron chi connectivity index (χ3n) is 1.93. The van der Waals surface area contributed by atoms with Gasteiger partial charge in [0.2, 0.25) is 0 Å². The van der Waals surface area contributed by atoms with E-state index in [0.717, 1.165) is 0 Å². The van der Waals surface area contributed by atoms with E-state index in [1.165, 1.54) is 0 Å². The minimum atomic E-state index is -0.149. The summed E-state index contributed by atoms with van der Waals surface area (Å²) < 4.78 is 4.93. The molecular formula is C11H14ClNO2. The smallest absolute Gasteiger partial charge is 0.251 e. The van der Waals surface area contributed by atoms with Crippen LogP contribution in [0.15, 0.2) is 30.3 Å². The maximum atomic E-state index is 11.7. The van der Waals surface area contributed by atoms with E-state index in [2.05, 4.69) is 5.32 Å². The third-order valence-corrected chi connectivity index (χ3v) is 2.30. The molecule has 82 valence electrons. The maximum Gasteiger partial charge on any atom is 0.251 e. The fourth-order valence-electron chi connectivity index (χ4n) is 1.18. The van der Waals surface area contributed by atoms with Crippen LogP contribution in [0.25, 0.3) is 0 Å². The summed E-state index contributed by atoms with van der Waals surface area (Å²) in [5.41, 5.74) is 0.628. The second-order valence-electron chi connectivity index (χ2n) is 3.15. The number of hydrogen-bond donors (Lipinski definition) is 1. The Morgan fingerprint density at radius 2 is 2.13 bits per heavy atom. The highest BCUT2D eigenvalue weighted by Crippen LogP contribution is 1.99. The molecule has 1 amide bonds. The summed E-state index contributed by atoms with van der Waals surface area (Å²) in [5, 5.41) is 2.79. The highest BCUT2D eigenvalue weighted by molar-refractivity contribution is 6.18. The topological polar surface area (TPSA) is 38.3 Å². The molecule has 0 heterocycles. The largest absolute Gasteiger partial charge is 0.383 e. The lowest BCUT2D eigenvalue weighted by Crippen LogP contribution is -2.39. The summed E-state index contributed by atoms with van der Waals surface area (Å²) in [6.07, 6.45) is 0. The van der Waals surface area contributed by atoms with Gasteiger partial charge in [0.15, 0.2) is 0 Å². The Kier molecular flexibility index (Phi) is 5.15. The van der Waals surface area contributed by atoms with Crippen molar-refractivity contribution in [2.24, 2.45) is 0 Å². The quantitative estimate of drug-likeness (QED) is 0.778. The van der Waals surface area contributed by atoms with Gasteiger partial charge in [-0.1, -0.05) is 18.2 Å². The number of halogens is 1. The van der Waals surface area contributed by atoms with Crippen LogP contribution >= 0.6 is 11.6 Å². The molecule has 0 aliphatic rings. The van der Waals surface area contributed by atoms with Crippen LogP contribution in [0.2, 0.25) is 0 Å². The van der Waals surface area contributed by atoms with E-state index in [1.54, 1.807) is 19.2 Å². The van der Waals surface area contributed by atoms with E-state index in [0.29, 0.717) is 18.1 Å². The van der Waals surface area contributed by atoms with Gasteiger partial charge in [-0.15, -0.1) is 11.6 Å². The molecule has 1 aromatic rings. The molecule has 1 rings (SSSR count).